The molecule has 0 rings (SSSR count). The Morgan fingerprint density at radius 1 is 0.812 bits per heavy atom. The molecule has 0 bridgehead atoms. The number of rotatable bonds is 4. The molecule has 0 nitrogen and oxygen atoms in total. The van der Waals surface area contributed by atoms with Crippen molar-refractivity contribution in [1.29, 1.82) is 0 Å². The van der Waals surface area contributed by atoms with E-state index in [0.717, 1.165) is 0 Å². The van der Waals surface area contributed by atoms with E-state index < -0.39 is 24.2 Å². The minimum absolute atomic E-state index is 0.398. The van der Waals surface area contributed by atoms with Gasteiger partial charge in [-0.25, -0.2) is 0 Å². The van der Waals surface area contributed by atoms with Crippen LogP contribution in [0, 0.1) is 0 Å². The molecule has 0 saturated carbocycles. The van der Waals surface area contributed by atoms with Crippen molar-refractivity contribution in [2.24, 2.45) is 0 Å². The Bertz CT molecular complexity index is 263. The normalized spacial score (nSPS) is 16.1. The van der Waals surface area contributed by atoms with Crippen LogP contribution in [0.25, 0.3) is 0 Å². The Labute approximate surface area is 116 Å². The third-order valence-corrected chi connectivity index (χ3v) is 24.3. The van der Waals surface area contributed by atoms with E-state index in [1.165, 1.54) is 5.38 Å². The maximum atomic E-state index is 4.05. The molecular weight excluding hydrogens is 328 g/mol. The highest BCUT2D eigenvalue weighted by atomic mass is 79.9. The fourth-order valence-corrected chi connectivity index (χ4v) is 36.4. The molecule has 98 valence electrons. The summed E-state index contributed by atoms with van der Waals surface area (Å²) in [7, 11) is -2.79. The maximum Gasteiger partial charge on any atom is 0.0755 e. The van der Waals surface area contributed by atoms with Crippen molar-refractivity contribution < 1.29 is 0 Å². The van der Waals surface area contributed by atoms with E-state index in [4.69, 9.17) is 0 Å². The highest BCUT2D eigenvalue weighted by Crippen LogP contribution is 2.35. The lowest BCUT2D eigenvalue weighted by atomic mass is 11.7. The summed E-state index contributed by atoms with van der Waals surface area (Å²) >= 11 is 4.05. The van der Waals surface area contributed by atoms with Crippen LogP contribution in [0.2, 0.25) is 58.9 Å². The molecule has 1 atom stereocenters. The number of hydrogen-bond acceptors (Lipinski definition) is 0. The minimum Gasteiger partial charge on any atom is -0.130 e. The van der Waals surface area contributed by atoms with Crippen molar-refractivity contribution in [1.82, 2.24) is 0 Å². The fraction of sp³-hybridized carbons (Fsp3) is 0.909. The van der Waals surface area contributed by atoms with Gasteiger partial charge in [0.25, 0.3) is 0 Å². The molecule has 0 saturated heterocycles. The smallest absolute Gasteiger partial charge is 0.0755 e. The molecule has 16 heavy (non-hydrogen) atoms. The SMILES string of the molecule is C[Si](C)(C)CS(Br)=C([Si](C)(C)C)[Si](C)(C)C. The second-order valence-corrected chi connectivity index (χ2v) is 28.8. The Balaban J connectivity index is 5.42. The van der Waals surface area contributed by atoms with Crippen LogP contribution in [-0.4, -0.2) is 33.7 Å². The second-order valence-electron chi connectivity index (χ2n) is 7.86. The van der Waals surface area contributed by atoms with E-state index in [1.54, 1.807) is 0 Å². The largest absolute Gasteiger partial charge is 0.130 e. The van der Waals surface area contributed by atoms with Gasteiger partial charge >= 0.3 is 0 Å². The molecule has 0 aliphatic carbocycles. The quantitative estimate of drug-likeness (QED) is 0.469. The first kappa shape index (κ1) is 17.4. The van der Waals surface area contributed by atoms with E-state index in [-0.39, 0.29) is 0 Å². The second kappa shape index (κ2) is 5.55. The van der Waals surface area contributed by atoms with Gasteiger partial charge in [0, 0.05) is 0 Å². The summed E-state index contributed by atoms with van der Waals surface area (Å²) in [5, 5.41) is 1.43. The standard InChI is InChI=1S/C11H29BrSSi3/c1-14(2,3)10-13(12)11(15(4,5)6)16(7,8)9/h10H2,1-9H3. The van der Waals surface area contributed by atoms with Gasteiger partial charge in [0.05, 0.1) is 24.2 Å². The third kappa shape index (κ3) is 6.33. The molecule has 0 N–H and O–H groups in total. The monoisotopic (exact) mass is 356 g/mol. The van der Waals surface area contributed by atoms with Crippen LogP contribution in [0.5, 0.6) is 0 Å². The molecule has 0 fully saturated rings. The van der Waals surface area contributed by atoms with E-state index in [0.29, 0.717) is 8.92 Å². The first-order valence-corrected chi connectivity index (χ1v) is 19.9. The molecule has 0 amide bonds. The van der Waals surface area contributed by atoms with Crippen molar-refractivity contribution in [3.8, 4) is 0 Å². The average molecular weight is 358 g/mol. The van der Waals surface area contributed by atoms with Crippen LogP contribution in [0.15, 0.2) is 0 Å². The lowest BCUT2D eigenvalue weighted by Gasteiger charge is -2.34. The summed E-state index contributed by atoms with van der Waals surface area (Å²) in [5.41, 5.74) is 0. The zero-order valence-corrected chi connectivity index (χ0v) is 17.9. The van der Waals surface area contributed by atoms with Crippen molar-refractivity contribution >= 4 is 52.1 Å². The zero-order valence-electron chi connectivity index (χ0n) is 12.5. The van der Waals surface area contributed by atoms with Crippen LogP contribution < -0.4 is 0 Å². The molecule has 0 aliphatic heterocycles. The Kier molecular flexibility index (Phi) is 6.02. The molecule has 0 aromatic heterocycles. The summed E-state index contributed by atoms with van der Waals surface area (Å²) in [6.45, 7) is 22.6. The summed E-state index contributed by atoms with van der Waals surface area (Å²) in [6, 6.07) is 0. The Morgan fingerprint density at radius 3 is 1.31 bits per heavy atom. The molecule has 5 heteroatoms. The van der Waals surface area contributed by atoms with Crippen LogP contribution in [0.4, 0.5) is 0 Å². The summed E-state index contributed by atoms with van der Waals surface area (Å²) in [6.07, 6.45) is 0. The predicted octanol–water partition coefficient (Wildman–Crippen LogP) is 5.37. The van der Waals surface area contributed by atoms with Gasteiger partial charge in [-0.3, -0.25) is 0 Å². The first-order valence-electron chi connectivity index (χ1n) is 6.00. The number of halogens is 1. The fourth-order valence-electron chi connectivity index (χ4n) is 2.24. The van der Waals surface area contributed by atoms with Gasteiger partial charge < -0.3 is 0 Å². The van der Waals surface area contributed by atoms with E-state index in [1.807, 2.05) is 4.11 Å². The van der Waals surface area contributed by atoms with E-state index >= 15 is 0 Å². The molecule has 0 spiro atoms. The maximum absolute atomic E-state index is 4.05. The van der Waals surface area contributed by atoms with Gasteiger partial charge in [-0.05, 0) is 20.2 Å². The van der Waals surface area contributed by atoms with Gasteiger partial charge in [-0.15, -0.1) is 8.92 Å². The molecule has 0 aliphatic rings. The average Bonchev–Trinajstić information content (AvgIpc) is 1.70. The van der Waals surface area contributed by atoms with Gasteiger partial charge in [-0.1, -0.05) is 63.0 Å². The van der Waals surface area contributed by atoms with E-state index in [2.05, 4.69) is 73.7 Å². The summed E-state index contributed by atoms with van der Waals surface area (Å²) < 4.78 is 1.96. The van der Waals surface area contributed by atoms with E-state index in [9.17, 15) is 0 Å². The van der Waals surface area contributed by atoms with Crippen molar-refractivity contribution in [2.75, 3.05) is 5.38 Å². The molecule has 1 unspecified atom stereocenters. The highest BCUT2D eigenvalue weighted by molar-refractivity contribution is 9.53. The van der Waals surface area contributed by atoms with Crippen LogP contribution in [-0.2, 0) is 0 Å². The molecule has 0 aromatic carbocycles. The van der Waals surface area contributed by atoms with Gasteiger partial charge in [-0.2, -0.15) is 0 Å². The predicted molar refractivity (Wildman–Crippen MR) is 96.4 cm³/mol. The lowest BCUT2D eigenvalue weighted by Crippen LogP contribution is -2.50. The van der Waals surface area contributed by atoms with Gasteiger partial charge in [0.2, 0.25) is 0 Å². The van der Waals surface area contributed by atoms with Crippen LogP contribution in [0.3, 0.4) is 0 Å². The molecule has 0 heterocycles. The summed E-state index contributed by atoms with van der Waals surface area (Å²) in [4.78, 5) is 0. The summed E-state index contributed by atoms with van der Waals surface area (Å²) in [5.74, 6) is 0. The lowest BCUT2D eigenvalue weighted by molar-refractivity contribution is 1.68. The van der Waals surface area contributed by atoms with Crippen molar-refractivity contribution in [2.45, 2.75) is 58.9 Å². The first-order chi connectivity index (χ1) is 6.75. The number of hydrogen-bond donors (Lipinski definition) is 0. The third-order valence-electron chi connectivity index (χ3n) is 2.14. The highest BCUT2D eigenvalue weighted by Gasteiger charge is 2.34. The zero-order chi connectivity index (χ0) is 13.4. The Hall–Kier alpha value is 1.35. The van der Waals surface area contributed by atoms with Gasteiger partial charge in [0.15, 0.2) is 0 Å². The molecule has 0 radical (unpaired) electrons. The van der Waals surface area contributed by atoms with Gasteiger partial charge in [0.1, 0.15) is 0 Å². The van der Waals surface area contributed by atoms with Crippen LogP contribution in [0.1, 0.15) is 0 Å². The minimum atomic E-state index is -1.12. The topological polar surface area (TPSA) is 0 Å². The Morgan fingerprint density at radius 2 is 1.12 bits per heavy atom. The van der Waals surface area contributed by atoms with Crippen molar-refractivity contribution in [3.63, 3.8) is 0 Å². The molecular formula is C11H29BrSSi3. The van der Waals surface area contributed by atoms with Crippen LogP contribution >= 0.6 is 23.7 Å². The molecule has 0 aromatic rings. The van der Waals surface area contributed by atoms with Crippen molar-refractivity contribution in [3.05, 3.63) is 0 Å².